The molecule has 130 valence electrons. The summed E-state index contributed by atoms with van der Waals surface area (Å²) in [5.74, 6) is 1.38. The lowest BCUT2D eigenvalue weighted by molar-refractivity contribution is 0.322. The lowest BCUT2D eigenvalue weighted by Gasteiger charge is -2.12. The average Bonchev–Trinajstić information content (AvgIpc) is 2.59. The van der Waals surface area contributed by atoms with Crippen LogP contribution in [0, 0.1) is 6.92 Å². The van der Waals surface area contributed by atoms with Crippen LogP contribution in [0.4, 0.5) is 0 Å². The van der Waals surface area contributed by atoms with Gasteiger partial charge in [0, 0.05) is 12.6 Å². The SMILES string of the molecule is COc1ccc(OC)c(S(=O)(=O)NCCOc2ccc(C)cc2)c1. The minimum Gasteiger partial charge on any atom is -0.497 e. The molecule has 6 nitrogen and oxygen atoms in total. The van der Waals surface area contributed by atoms with Gasteiger partial charge in [0.15, 0.2) is 0 Å². The van der Waals surface area contributed by atoms with E-state index in [0.29, 0.717) is 11.5 Å². The standard InChI is InChI=1S/C17H21NO5S/c1-13-4-6-14(7-5-13)23-11-10-18-24(19,20)17-12-15(21-2)8-9-16(17)22-3/h4-9,12,18H,10-11H2,1-3H3. The Kier molecular flexibility index (Phi) is 6.05. The van der Waals surface area contributed by atoms with Crippen LogP contribution in [0.15, 0.2) is 47.4 Å². The van der Waals surface area contributed by atoms with Crippen molar-refractivity contribution in [3.05, 3.63) is 48.0 Å². The summed E-state index contributed by atoms with van der Waals surface area (Å²) in [7, 11) is -0.841. The van der Waals surface area contributed by atoms with Gasteiger partial charge in [-0.15, -0.1) is 0 Å². The van der Waals surface area contributed by atoms with Crippen LogP contribution in [0.1, 0.15) is 5.56 Å². The second-order valence-corrected chi connectivity index (χ2v) is 6.81. The van der Waals surface area contributed by atoms with Crippen molar-refractivity contribution >= 4 is 10.0 Å². The summed E-state index contributed by atoms with van der Waals surface area (Å²) in [6.07, 6.45) is 0. The smallest absolute Gasteiger partial charge is 0.244 e. The highest BCUT2D eigenvalue weighted by Gasteiger charge is 2.20. The Morgan fingerprint density at radius 3 is 2.25 bits per heavy atom. The van der Waals surface area contributed by atoms with Gasteiger partial charge in [0.1, 0.15) is 28.8 Å². The van der Waals surface area contributed by atoms with Gasteiger partial charge in [0.25, 0.3) is 0 Å². The van der Waals surface area contributed by atoms with Gasteiger partial charge in [-0.2, -0.15) is 0 Å². The van der Waals surface area contributed by atoms with E-state index in [9.17, 15) is 8.42 Å². The molecule has 0 amide bonds. The van der Waals surface area contributed by atoms with Gasteiger partial charge in [-0.05, 0) is 31.2 Å². The van der Waals surface area contributed by atoms with Crippen molar-refractivity contribution in [1.82, 2.24) is 4.72 Å². The second kappa shape index (κ2) is 8.03. The molecule has 7 heteroatoms. The average molecular weight is 351 g/mol. The van der Waals surface area contributed by atoms with Crippen LogP contribution in [0.2, 0.25) is 0 Å². The highest BCUT2D eigenvalue weighted by molar-refractivity contribution is 7.89. The molecule has 0 aliphatic rings. The zero-order valence-corrected chi connectivity index (χ0v) is 14.7. The summed E-state index contributed by atoms with van der Waals surface area (Å²) in [4.78, 5) is 0.0275. The summed E-state index contributed by atoms with van der Waals surface area (Å²) >= 11 is 0. The van der Waals surface area contributed by atoms with Crippen molar-refractivity contribution in [3.63, 3.8) is 0 Å². The van der Waals surface area contributed by atoms with Crippen LogP contribution >= 0.6 is 0 Å². The van der Waals surface area contributed by atoms with Crippen LogP contribution in [-0.4, -0.2) is 35.8 Å². The van der Waals surface area contributed by atoms with Gasteiger partial charge in [-0.25, -0.2) is 13.1 Å². The first-order valence-corrected chi connectivity index (χ1v) is 8.86. The molecule has 0 atom stereocenters. The van der Waals surface area contributed by atoms with E-state index in [1.807, 2.05) is 31.2 Å². The Hall–Kier alpha value is -2.25. The molecule has 0 aliphatic heterocycles. The predicted octanol–water partition coefficient (Wildman–Crippen LogP) is 2.37. The van der Waals surface area contributed by atoms with Crippen molar-refractivity contribution in [1.29, 1.82) is 0 Å². The second-order valence-electron chi connectivity index (χ2n) is 5.08. The number of ether oxygens (including phenoxy) is 3. The molecule has 0 aromatic heterocycles. The van der Waals surface area contributed by atoms with Crippen molar-refractivity contribution in [2.45, 2.75) is 11.8 Å². The molecule has 2 aromatic carbocycles. The Labute approximate surface area is 142 Å². The Bertz CT molecular complexity index is 772. The van der Waals surface area contributed by atoms with Crippen LogP contribution in [0.3, 0.4) is 0 Å². The summed E-state index contributed by atoms with van der Waals surface area (Å²) in [5.41, 5.74) is 1.13. The molecule has 2 rings (SSSR count). The van der Waals surface area contributed by atoms with Crippen LogP contribution in [0.25, 0.3) is 0 Å². The minimum atomic E-state index is -3.73. The fourth-order valence-electron chi connectivity index (χ4n) is 2.05. The van der Waals surface area contributed by atoms with E-state index >= 15 is 0 Å². The molecular weight excluding hydrogens is 330 g/mol. The first-order valence-electron chi connectivity index (χ1n) is 7.37. The molecule has 2 aromatic rings. The molecule has 0 unspecified atom stereocenters. The molecule has 0 bridgehead atoms. The van der Waals surface area contributed by atoms with Gasteiger partial charge in [-0.3, -0.25) is 0 Å². The summed E-state index contributed by atoms with van der Waals surface area (Å²) in [6.45, 7) is 2.34. The fourth-order valence-corrected chi connectivity index (χ4v) is 3.25. The zero-order valence-electron chi connectivity index (χ0n) is 13.9. The third-order valence-electron chi connectivity index (χ3n) is 3.34. The van der Waals surface area contributed by atoms with E-state index in [1.54, 1.807) is 12.1 Å². The van der Waals surface area contributed by atoms with Crippen molar-refractivity contribution in [3.8, 4) is 17.2 Å². The van der Waals surface area contributed by atoms with Crippen molar-refractivity contribution < 1.29 is 22.6 Å². The lowest BCUT2D eigenvalue weighted by atomic mass is 10.2. The summed E-state index contributed by atoms with van der Waals surface area (Å²) in [5, 5.41) is 0. The number of benzene rings is 2. The third kappa shape index (κ3) is 4.62. The Morgan fingerprint density at radius 1 is 0.958 bits per heavy atom. The molecule has 1 N–H and O–H groups in total. The monoisotopic (exact) mass is 351 g/mol. The fraction of sp³-hybridized carbons (Fsp3) is 0.294. The van der Waals surface area contributed by atoms with Crippen LogP contribution < -0.4 is 18.9 Å². The van der Waals surface area contributed by atoms with E-state index in [2.05, 4.69) is 4.72 Å². The van der Waals surface area contributed by atoms with Crippen molar-refractivity contribution in [2.24, 2.45) is 0 Å². The Morgan fingerprint density at radius 2 is 1.62 bits per heavy atom. The minimum absolute atomic E-state index is 0.0275. The molecule has 0 saturated heterocycles. The van der Waals surface area contributed by atoms with Gasteiger partial charge < -0.3 is 14.2 Å². The largest absolute Gasteiger partial charge is 0.497 e. The lowest BCUT2D eigenvalue weighted by Crippen LogP contribution is -2.28. The highest BCUT2D eigenvalue weighted by atomic mass is 32.2. The number of sulfonamides is 1. The molecule has 0 radical (unpaired) electrons. The summed E-state index contributed by atoms with van der Waals surface area (Å²) < 4.78 is 43.1. The van der Waals surface area contributed by atoms with E-state index in [-0.39, 0.29) is 23.8 Å². The maximum Gasteiger partial charge on any atom is 0.244 e. The molecule has 0 saturated carbocycles. The van der Waals surface area contributed by atoms with Crippen molar-refractivity contribution in [2.75, 3.05) is 27.4 Å². The molecule has 0 aliphatic carbocycles. The molecule has 0 heterocycles. The van der Waals surface area contributed by atoms with Crippen LogP contribution in [-0.2, 0) is 10.0 Å². The molecule has 0 spiro atoms. The number of aryl methyl sites for hydroxylation is 1. The topological polar surface area (TPSA) is 73.9 Å². The zero-order chi connectivity index (χ0) is 17.6. The number of rotatable bonds is 8. The quantitative estimate of drug-likeness (QED) is 0.739. The van der Waals surface area contributed by atoms with Gasteiger partial charge >= 0.3 is 0 Å². The maximum atomic E-state index is 12.4. The normalized spacial score (nSPS) is 11.1. The summed E-state index contributed by atoms with van der Waals surface area (Å²) in [6, 6.07) is 12.2. The predicted molar refractivity (Wildman–Crippen MR) is 91.4 cm³/mol. The first-order chi connectivity index (χ1) is 11.5. The van der Waals surface area contributed by atoms with E-state index in [4.69, 9.17) is 14.2 Å². The van der Waals surface area contributed by atoms with E-state index in [1.165, 1.54) is 20.3 Å². The maximum absolute atomic E-state index is 12.4. The molecule has 0 fully saturated rings. The van der Waals surface area contributed by atoms with Gasteiger partial charge in [0.05, 0.1) is 14.2 Å². The third-order valence-corrected chi connectivity index (χ3v) is 4.83. The van der Waals surface area contributed by atoms with Gasteiger partial charge in [0.2, 0.25) is 10.0 Å². The molecule has 24 heavy (non-hydrogen) atoms. The number of nitrogens with one attached hydrogen (secondary N) is 1. The number of hydrogen-bond donors (Lipinski definition) is 1. The first kappa shape index (κ1) is 18.1. The number of methoxy groups -OCH3 is 2. The number of hydrogen-bond acceptors (Lipinski definition) is 5. The highest BCUT2D eigenvalue weighted by Crippen LogP contribution is 2.27. The van der Waals surface area contributed by atoms with E-state index in [0.717, 1.165) is 5.56 Å². The Balaban J connectivity index is 1.99. The molecular formula is C17H21NO5S. The van der Waals surface area contributed by atoms with Crippen LogP contribution in [0.5, 0.6) is 17.2 Å². The van der Waals surface area contributed by atoms with E-state index < -0.39 is 10.0 Å². The van der Waals surface area contributed by atoms with Gasteiger partial charge in [-0.1, -0.05) is 17.7 Å².